The zero-order chi connectivity index (χ0) is 73.7. The third-order valence-electron chi connectivity index (χ3n) is 27.4. The summed E-state index contributed by atoms with van der Waals surface area (Å²) in [5.41, 5.74) is 35.3. The number of hydrogen-bond acceptors (Lipinski definition) is 1. The summed E-state index contributed by atoms with van der Waals surface area (Å²) in [5, 5.41) is 17.1. The molecular weight excluding hydrogens is 1360 g/mol. The Morgan fingerprint density at radius 2 is 0.584 bits per heavy atom. The number of benzene rings is 19. The van der Waals surface area contributed by atoms with E-state index >= 15 is 0 Å². The molecule has 0 fully saturated rings. The van der Waals surface area contributed by atoms with Crippen molar-refractivity contribution >= 4 is 97.8 Å². The number of hydrogen-bond donors (Lipinski definition) is 0. The van der Waals surface area contributed by atoms with E-state index in [4.69, 9.17) is 0 Å². The van der Waals surface area contributed by atoms with Crippen molar-refractivity contribution < 1.29 is 0 Å². The van der Waals surface area contributed by atoms with Crippen molar-refractivity contribution in [3.63, 3.8) is 0 Å². The molecule has 3 unspecified atom stereocenters. The lowest BCUT2D eigenvalue weighted by molar-refractivity contribution is 0.547. The molecule has 0 bridgehead atoms. The van der Waals surface area contributed by atoms with Crippen molar-refractivity contribution in [3.8, 4) is 83.6 Å². The molecule has 3 aliphatic carbocycles. The predicted octanol–water partition coefficient (Wildman–Crippen LogP) is 28.7. The summed E-state index contributed by atoms with van der Waals surface area (Å²) in [6.07, 6.45) is 5.93. The van der Waals surface area contributed by atoms with E-state index in [2.05, 4.69) is 399 Å². The molecular formula is C111H68N2. The zero-order valence-corrected chi connectivity index (χ0v) is 62.0. The Bertz CT molecular complexity index is 7680. The maximum Gasteiger partial charge on any atom is 0.0754 e. The highest BCUT2D eigenvalue weighted by Gasteiger charge is 2.59. The topological polar surface area (TPSA) is 8.17 Å². The molecule has 0 saturated heterocycles. The van der Waals surface area contributed by atoms with Crippen molar-refractivity contribution in [3.05, 3.63) is 438 Å². The van der Waals surface area contributed by atoms with Gasteiger partial charge < -0.3 is 9.47 Å². The highest BCUT2D eigenvalue weighted by Crippen LogP contribution is 2.70. The average Bonchev–Trinajstić information content (AvgIpc) is 1.51. The molecule has 2 spiro atoms. The van der Waals surface area contributed by atoms with E-state index in [0.717, 1.165) is 6.42 Å². The quantitative estimate of drug-likeness (QED) is 0.156. The summed E-state index contributed by atoms with van der Waals surface area (Å²) >= 11 is 0. The van der Waals surface area contributed by atoms with Crippen molar-refractivity contribution in [2.75, 3.05) is 4.90 Å². The standard InChI is InChI=1S/C111H68N2/c1-109-63-27-58-98-108(109)113(100-60-15-11-52-92(100)109)102-62-17-13-54-94(102)111(98)91-51-10-7-36-85(91)104-78(48-25-56-96(104)111)75-42-23-46-82-89(75)65-88-74(77-47-24-55-95-103(77)84-35-6-9-50-90(84)110(95)93-53-12-16-61-101(93)112-99-59-14-8-34-76(99)83-49-26-57-97(110)107(83)112)41-22-45-81(88)106(82)105-79-43-20-39-72(70-37-18-30-66-28-2-4-32-68(66)70)86(79)64-87-73(40-21-44-80(87)105)71-38-19-31-67-29-3-5-33-69(67)71/h2-62,64-65H,63H2,1H3. The van der Waals surface area contributed by atoms with Crippen LogP contribution in [0.15, 0.2) is 393 Å². The van der Waals surface area contributed by atoms with E-state index in [1.807, 2.05) is 0 Å². The van der Waals surface area contributed by atoms with Gasteiger partial charge in [-0.25, -0.2) is 0 Å². The lowest BCUT2D eigenvalue weighted by atomic mass is 9.60. The monoisotopic (exact) mass is 1430 g/mol. The fourth-order valence-electron chi connectivity index (χ4n) is 23.1. The molecule has 0 amide bonds. The molecule has 3 atom stereocenters. The van der Waals surface area contributed by atoms with E-state index in [9.17, 15) is 0 Å². The molecule has 20 aromatic rings. The largest absolute Gasteiger partial charge is 0.312 e. The number of para-hydroxylation sites is 5. The highest BCUT2D eigenvalue weighted by molar-refractivity contribution is 6.30. The molecule has 522 valence electrons. The first-order chi connectivity index (χ1) is 56.0. The van der Waals surface area contributed by atoms with Crippen LogP contribution in [0.25, 0.3) is 170 Å². The number of anilines is 2. The van der Waals surface area contributed by atoms with Crippen LogP contribution in [0.5, 0.6) is 0 Å². The van der Waals surface area contributed by atoms with Gasteiger partial charge in [-0.05, 0) is 242 Å². The van der Waals surface area contributed by atoms with Crippen molar-refractivity contribution in [1.29, 1.82) is 0 Å². The summed E-state index contributed by atoms with van der Waals surface area (Å²) in [6, 6.07) is 143. The fourth-order valence-corrected chi connectivity index (χ4v) is 23.1. The van der Waals surface area contributed by atoms with Crippen molar-refractivity contribution in [2.24, 2.45) is 0 Å². The molecule has 113 heavy (non-hydrogen) atoms. The Hall–Kier alpha value is -14.2. The summed E-state index contributed by atoms with van der Waals surface area (Å²) in [6.45, 7) is 2.50. The second-order valence-corrected chi connectivity index (χ2v) is 32.3. The van der Waals surface area contributed by atoms with Crippen molar-refractivity contribution in [2.45, 2.75) is 29.6 Å². The van der Waals surface area contributed by atoms with Gasteiger partial charge in [0.05, 0.1) is 38.9 Å². The molecule has 3 aliphatic heterocycles. The van der Waals surface area contributed by atoms with Crippen LogP contribution in [0, 0.1) is 0 Å². The van der Waals surface area contributed by atoms with Crippen LogP contribution in [0.2, 0.25) is 0 Å². The van der Waals surface area contributed by atoms with Gasteiger partial charge in [0.1, 0.15) is 0 Å². The lowest BCUT2D eigenvalue weighted by Gasteiger charge is -2.47. The first-order valence-corrected chi connectivity index (χ1v) is 39.9. The zero-order valence-electron chi connectivity index (χ0n) is 62.0. The Kier molecular flexibility index (Phi) is 12.2. The molecule has 1 aromatic heterocycles. The molecule has 0 saturated carbocycles. The normalized spacial score (nSPS) is 17.6. The van der Waals surface area contributed by atoms with Gasteiger partial charge in [-0.2, -0.15) is 0 Å². The van der Waals surface area contributed by atoms with E-state index in [1.165, 1.54) is 237 Å². The molecule has 0 radical (unpaired) electrons. The van der Waals surface area contributed by atoms with Crippen LogP contribution in [0.1, 0.15) is 57.9 Å². The van der Waals surface area contributed by atoms with E-state index in [-0.39, 0.29) is 5.41 Å². The smallest absolute Gasteiger partial charge is 0.0754 e. The Morgan fingerprint density at radius 1 is 0.239 bits per heavy atom. The van der Waals surface area contributed by atoms with Gasteiger partial charge in [0, 0.05) is 21.9 Å². The molecule has 6 aliphatic rings. The van der Waals surface area contributed by atoms with Gasteiger partial charge in [0.25, 0.3) is 0 Å². The van der Waals surface area contributed by atoms with Gasteiger partial charge >= 0.3 is 0 Å². The summed E-state index contributed by atoms with van der Waals surface area (Å²) in [7, 11) is 0. The van der Waals surface area contributed by atoms with Crippen LogP contribution in [0.4, 0.5) is 11.4 Å². The maximum atomic E-state index is 2.63. The Labute approximate surface area is 654 Å². The summed E-state index contributed by atoms with van der Waals surface area (Å²) in [5.74, 6) is 0. The van der Waals surface area contributed by atoms with E-state index in [1.54, 1.807) is 0 Å². The molecule has 2 heteroatoms. The predicted molar refractivity (Wildman–Crippen MR) is 472 cm³/mol. The van der Waals surface area contributed by atoms with Crippen LogP contribution < -0.4 is 4.90 Å². The third-order valence-corrected chi connectivity index (χ3v) is 27.4. The molecule has 0 N–H and O–H groups in total. The maximum absolute atomic E-state index is 2.63. The second kappa shape index (κ2) is 22.3. The second-order valence-electron chi connectivity index (χ2n) is 32.3. The van der Waals surface area contributed by atoms with Crippen molar-refractivity contribution in [1.82, 2.24) is 4.57 Å². The minimum absolute atomic E-state index is 0.240. The third kappa shape index (κ3) is 7.64. The first kappa shape index (κ1) is 61.7. The van der Waals surface area contributed by atoms with Crippen LogP contribution in [-0.4, -0.2) is 4.57 Å². The van der Waals surface area contributed by atoms with Gasteiger partial charge in [-0.15, -0.1) is 0 Å². The van der Waals surface area contributed by atoms with Gasteiger partial charge in [-0.1, -0.05) is 346 Å². The first-order valence-electron chi connectivity index (χ1n) is 39.9. The van der Waals surface area contributed by atoms with Crippen LogP contribution in [0.3, 0.4) is 0 Å². The van der Waals surface area contributed by atoms with Crippen LogP contribution in [-0.2, 0) is 16.2 Å². The Morgan fingerprint density at radius 3 is 1.15 bits per heavy atom. The Balaban J connectivity index is 0.807. The minimum atomic E-state index is -0.646. The number of aromatic nitrogens is 1. The average molecular weight is 1430 g/mol. The van der Waals surface area contributed by atoms with Gasteiger partial charge in [0.2, 0.25) is 0 Å². The minimum Gasteiger partial charge on any atom is -0.312 e. The summed E-state index contributed by atoms with van der Waals surface area (Å²) in [4.78, 5) is 2.63. The fraction of sp³-hybridized carbons (Fsp3) is 0.0450. The molecule has 19 aromatic carbocycles. The number of allylic oxidation sites excluding steroid dienone is 4. The molecule has 26 rings (SSSR count). The highest BCUT2D eigenvalue weighted by atomic mass is 15.2. The lowest BCUT2D eigenvalue weighted by Crippen LogP contribution is -2.42. The van der Waals surface area contributed by atoms with Gasteiger partial charge in [0.15, 0.2) is 0 Å². The number of nitrogens with zero attached hydrogens (tertiary/aromatic N) is 2. The summed E-state index contributed by atoms with van der Waals surface area (Å²) < 4.78 is 2.56. The van der Waals surface area contributed by atoms with E-state index < -0.39 is 10.8 Å². The molecule has 2 nitrogen and oxygen atoms in total. The van der Waals surface area contributed by atoms with Gasteiger partial charge in [-0.3, -0.25) is 0 Å². The van der Waals surface area contributed by atoms with Crippen LogP contribution >= 0.6 is 0 Å². The number of fused-ring (bicyclic) bond motifs is 30. The van der Waals surface area contributed by atoms with E-state index in [0.29, 0.717) is 0 Å². The number of rotatable bonds is 5. The molecule has 4 heterocycles. The SMILES string of the molecule is CC12CC=CC3=C1N(c1ccccc12)c1ccccc1C31c2ccccc2-c2c(-c3cccc4c(-c5c6cccc(-c7cccc8ccccc78)c6cc6c(-c7cccc8ccccc78)cccc56)c5cccc(-c6cccc7c6-c6ccccc6C76c7ccccc7-n7c8ccccc8c8cccc6c87)c5cc34)cccc21.